The first-order valence-electron chi connectivity index (χ1n) is 14.9. The minimum absolute atomic E-state index is 0.203. The van der Waals surface area contributed by atoms with Gasteiger partial charge in [-0.15, -0.1) is 0 Å². The summed E-state index contributed by atoms with van der Waals surface area (Å²) in [5.41, 5.74) is 6.48. The predicted octanol–water partition coefficient (Wildman–Crippen LogP) is 5.23. The zero-order valence-electron chi connectivity index (χ0n) is 25.7. The first kappa shape index (κ1) is 28.7. The van der Waals surface area contributed by atoms with Crippen LogP contribution in [0.5, 0.6) is 0 Å². The molecule has 0 amide bonds. The van der Waals surface area contributed by atoms with E-state index in [1.807, 2.05) is 78.2 Å². The van der Waals surface area contributed by atoms with E-state index in [2.05, 4.69) is 19.9 Å². The van der Waals surface area contributed by atoms with Gasteiger partial charge in [0.2, 0.25) is 0 Å². The van der Waals surface area contributed by atoms with E-state index in [-0.39, 0.29) is 13.2 Å². The van der Waals surface area contributed by atoms with Crippen molar-refractivity contribution in [3.63, 3.8) is 0 Å². The SMILES string of the molecule is CCOC(=O)c1c2nc(c(-c3[nH]cc[n+]3C)c3ccc([nH]3)c(C(=O)OCC)c3nc(c(-c4nccn4C)c4ccc1[nH]4)C=C3)C=C2. The number of nitrogens with one attached hydrogen (secondary N) is 3. The van der Waals surface area contributed by atoms with Crippen LogP contribution in [0, 0.1) is 0 Å². The van der Waals surface area contributed by atoms with E-state index in [0.29, 0.717) is 67.4 Å². The van der Waals surface area contributed by atoms with Crippen LogP contribution in [0.15, 0.2) is 49.1 Å². The van der Waals surface area contributed by atoms with Crippen LogP contribution in [0.2, 0.25) is 0 Å². The summed E-state index contributed by atoms with van der Waals surface area (Å²) in [4.78, 5) is 51.7. The molecule has 0 saturated heterocycles. The Morgan fingerprint density at radius 3 is 1.80 bits per heavy atom. The lowest BCUT2D eigenvalue weighted by atomic mass is 10.1. The molecule has 0 aromatic carbocycles. The van der Waals surface area contributed by atoms with Gasteiger partial charge in [0, 0.05) is 19.4 Å². The summed E-state index contributed by atoms with van der Waals surface area (Å²) in [7, 11) is 3.81. The molecule has 0 radical (unpaired) electrons. The largest absolute Gasteiger partial charge is 0.462 e. The number of aromatic amines is 3. The van der Waals surface area contributed by atoms with Gasteiger partial charge in [0.05, 0.1) is 70.7 Å². The van der Waals surface area contributed by atoms with E-state index in [4.69, 9.17) is 19.4 Å². The molecule has 5 aromatic heterocycles. The van der Waals surface area contributed by atoms with Gasteiger partial charge in [-0.1, -0.05) is 0 Å². The number of aromatic nitrogens is 8. The number of hydrogen-bond acceptors (Lipinski definition) is 7. The van der Waals surface area contributed by atoms with Crippen LogP contribution in [-0.2, 0) is 23.6 Å². The van der Waals surface area contributed by atoms with Gasteiger partial charge in [-0.2, -0.15) is 0 Å². The second kappa shape index (κ2) is 11.5. The Morgan fingerprint density at radius 2 is 1.30 bits per heavy atom. The molecule has 7 heterocycles. The molecule has 0 saturated carbocycles. The molecule has 12 nitrogen and oxygen atoms in total. The van der Waals surface area contributed by atoms with Crippen molar-refractivity contribution in [1.82, 2.24) is 34.5 Å². The third-order valence-electron chi connectivity index (χ3n) is 7.87. The average molecular weight is 616 g/mol. The first-order valence-corrected chi connectivity index (χ1v) is 14.9. The van der Waals surface area contributed by atoms with Crippen LogP contribution in [-0.4, -0.2) is 59.6 Å². The molecule has 0 spiro atoms. The van der Waals surface area contributed by atoms with E-state index in [1.54, 1.807) is 32.2 Å². The summed E-state index contributed by atoms with van der Waals surface area (Å²) in [6, 6.07) is 7.41. The maximum absolute atomic E-state index is 13.5. The Hall–Kier alpha value is -6.04. The Balaban J connectivity index is 1.69. The maximum Gasteiger partial charge on any atom is 0.342 e. The van der Waals surface area contributed by atoms with Crippen molar-refractivity contribution in [2.45, 2.75) is 13.8 Å². The Kier molecular flexibility index (Phi) is 7.16. The van der Waals surface area contributed by atoms with Crippen molar-refractivity contribution in [2.75, 3.05) is 13.2 Å². The lowest BCUT2D eigenvalue weighted by Gasteiger charge is -2.05. The Bertz CT molecular complexity index is 2100. The normalized spacial score (nSPS) is 12.1. The number of esters is 2. The molecule has 230 valence electrons. The predicted molar refractivity (Wildman–Crippen MR) is 174 cm³/mol. The fourth-order valence-corrected chi connectivity index (χ4v) is 5.79. The number of H-pyrrole nitrogens is 3. The molecule has 5 aromatic rings. The van der Waals surface area contributed by atoms with Gasteiger partial charge in [-0.05, 0) is 62.4 Å². The van der Waals surface area contributed by atoms with Crippen molar-refractivity contribution >= 4 is 58.3 Å². The number of fused-ring (bicyclic) bond motifs is 8. The minimum atomic E-state index is -0.503. The highest BCUT2D eigenvalue weighted by atomic mass is 16.5. The molecular formula is C34H31N8O4+. The molecule has 0 aliphatic carbocycles. The van der Waals surface area contributed by atoms with Crippen LogP contribution in [0.25, 0.3) is 69.1 Å². The maximum atomic E-state index is 13.5. The number of carbonyl (C=O) groups excluding carboxylic acids is 2. The molecule has 2 aliphatic rings. The number of hydrogen-bond donors (Lipinski definition) is 3. The van der Waals surface area contributed by atoms with Crippen molar-refractivity contribution in [2.24, 2.45) is 14.1 Å². The highest BCUT2D eigenvalue weighted by molar-refractivity contribution is 6.05. The van der Waals surface area contributed by atoms with E-state index < -0.39 is 11.9 Å². The summed E-state index contributed by atoms with van der Waals surface area (Å²) in [6.45, 7) is 3.94. The molecule has 0 unspecified atom stereocenters. The molecule has 0 atom stereocenters. The fourth-order valence-electron chi connectivity index (χ4n) is 5.79. The van der Waals surface area contributed by atoms with Gasteiger partial charge in [0.1, 0.15) is 34.9 Å². The van der Waals surface area contributed by atoms with Crippen molar-refractivity contribution < 1.29 is 23.6 Å². The quantitative estimate of drug-likeness (QED) is 0.171. The number of ether oxygens (including phenoxy) is 2. The zero-order chi connectivity index (χ0) is 31.9. The van der Waals surface area contributed by atoms with Gasteiger partial charge in [-0.3, -0.25) is 0 Å². The van der Waals surface area contributed by atoms with E-state index in [9.17, 15) is 9.59 Å². The number of carbonyl (C=O) groups is 2. The topological polar surface area (TPSA) is 147 Å². The highest BCUT2D eigenvalue weighted by Crippen LogP contribution is 2.33. The molecule has 46 heavy (non-hydrogen) atoms. The number of rotatable bonds is 6. The molecule has 7 rings (SSSR count). The van der Waals surface area contributed by atoms with Crippen molar-refractivity contribution in [1.29, 1.82) is 0 Å². The highest BCUT2D eigenvalue weighted by Gasteiger charge is 2.25. The van der Waals surface area contributed by atoms with E-state index in [0.717, 1.165) is 11.4 Å². The van der Waals surface area contributed by atoms with Crippen molar-refractivity contribution in [3.05, 3.63) is 83.0 Å². The van der Waals surface area contributed by atoms with Crippen LogP contribution in [0.4, 0.5) is 0 Å². The molecule has 2 aliphatic heterocycles. The van der Waals surface area contributed by atoms with Gasteiger partial charge < -0.3 is 24.0 Å². The van der Waals surface area contributed by atoms with Gasteiger partial charge in [0.25, 0.3) is 5.82 Å². The number of imidazole rings is 2. The van der Waals surface area contributed by atoms with Crippen molar-refractivity contribution in [3.8, 4) is 22.8 Å². The van der Waals surface area contributed by atoms with Crippen LogP contribution in [0.1, 0.15) is 57.3 Å². The first-order chi connectivity index (χ1) is 22.4. The fraction of sp³-hybridized carbons (Fsp3) is 0.176. The summed E-state index contributed by atoms with van der Waals surface area (Å²) in [5.74, 6) is 0.400. The second-order valence-electron chi connectivity index (χ2n) is 10.7. The Morgan fingerprint density at radius 1 is 0.783 bits per heavy atom. The molecule has 12 heteroatoms. The van der Waals surface area contributed by atoms with Crippen LogP contribution >= 0.6 is 0 Å². The lowest BCUT2D eigenvalue weighted by molar-refractivity contribution is -0.658. The molecule has 0 fully saturated rings. The third-order valence-corrected chi connectivity index (χ3v) is 7.87. The summed E-state index contributed by atoms with van der Waals surface area (Å²) in [6.07, 6.45) is 14.6. The molecule has 8 bridgehead atoms. The average Bonchev–Trinajstić information content (AvgIpc) is 3.87. The van der Waals surface area contributed by atoms with Gasteiger partial charge >= 0.3 is 11.9 Å². The second-order valence-corrected chi connectivity index (χ2v) is 10.7. The monoisotopic (exact) mass is 615 g/mol. The van der Waals surface area contributed by atoms with E-state index in [1.165, 1.54) is 0 Å². The summed E-state index contributed by atoms with van der Waals surface area (Å²) >= 11 is 0. The smallest absolute Gasteiger partial charge is 0.342 e. The van der Waals surface area contributed by atoms with Gasteiger partial charge in [0.15, 0.2) is 0 Å². The minimum Gasteiger partial charge on any atom is -0.462 e. The number of aryl methyl sites for hydroxylation is 2. The molecule has 3 N–H and O–H groups in total. The summed E-state index contributed by atoms with van der Waals surface area (Å²) < 4.78 is 14.9. The van der Waals surface area contributed by atoms with Crippen LogP contribution < -0.4 is 4.57 Å². The third kappa shape index (κ3) is 4.80. The van der Waals surface area contributed by atoms with E-state index >= 15 is 0 Å². The summed E-state index contributed by atoms with van der Waals surface area (Å²) in [5, 5.41) is 0. The zero-order valence-corrected chi connectivity index (χ0v) is 25.7. The Labute approximate surface area is 263 Å². The number of nitrogens with zero attached hydrogens (tertiary/aromatic N) is 5. The van der Waals surface area contributed by atoms with Crippen LogP contribution in [0.3, 0.4) is 0 Å². The lowest BCUT2D eigenvalue weighted by Crippen LogP contribution is -2.27. The molecular weight excluding hydrogens is 584 g/mol. The standard InChI is InChI=1S/C34H30N8O4/c1-5-45-33(43)29-23-11-7-19(37-23)27(31-35-15-17-41(31)3)21-9-13-25(39-21)30(34(44)46-6-2)26-14-10-22(40-26)28(20-8-12-24(29)38-20)32-36-16-18-42(32)4/h7-18H,5-6H2,1-4H3,(H2,35,36,37,38,39,40,43,44)/p+1. The van der Waals surface area contributed by atoms with Gasteiger partial charge in [-0.25, -0.2) is 34.1 Å².